The Balaban J connectivity index is 4.76. The number of allylic oxidation sites excluding steroid dienone is 1. The number of nitrogens with two attached hydrogens (primary N) is 1. The van der Waals surface area contributed by atoms with E-state index in [9.17, 15) is 9.59 Å². The molecule has 3 N–H and O–H groups in total. The van der Waals surface area contributed by atoms with Crippen molar-refractivity contribution in [2.75, 3.05) is 6.54 Å². The van der Waals surface area contributed by atoms with E-state index in [0.29, 0.717) is 12.5 Å². The SMILES string of the molecule is CCCCC=COC(=O)[C@](N)(CC(C)C)C(=O)NCCC(C)C. The van der Waals surface area contributed by atoms with Crippen LogP contribution in [-0.4, -0.2) is 24.0 Å². The molecule has 0 saturated heterocycles. The number of carbonyl (C=O) groups excluding carboxylic acids is 2. The van der Waals surface area contributed by atoms with Crippen molar-refractivity contribution in [3.05, 3.63) is 12.3 Å². The summed E-state index contributed by atoms with van der Waals surface area (Å²) in [5.74, 6) is -0.576. The molecule has 0 saturated carbocycles. The van der Waals surface area contributed by atoms with Crippen LogP contribution in [0.4, 0.5) is 0 Å². The third kappa shape index (κ3) is 8.74. The molecule has 0 aromatic rings. The molecule has 0 radical (unpaired) electrons. The van der Waals surface area contributed by atoms with Gasteiger partial charge in [0.1, 0.15) is 0 Å². The van der Waals surface area contributed by atoms with Gasteiger partial charge in [0.05, 0.1) is 6.26 Å². The molecule has 5 nitrogen and oxygen atoms in total. The number of amides is 1. The second-order valence-corrected chi connectivity index (χ2v) is 6.93. The first-order valence-corrected chi connectivity index (χ1v) is 8.67. The predicted molar refractivity (Wildman–Crippen MR) is 93.6 cm³/mol. The van der Waals surface area contributed by atoms with Crippen LogP contribution >= 0.6 is 0 Å². The molecular formula is C18H34N2O3. The van der Waals surface area contributed by atoms with Gasteiger partial charge in [0.25, 0.3) is 5.91 Å². The summed E-state index contributed by atoms with van der Waals surface area (Å²) in [7, 11) is 0. The minimum Gasteiger partial charge on any atom is -0.433 e. The van der Waals surface area contributed by atoms with Crippen molar-refractivity contribution >= 4 is 11.9 Å². The molecule has 5 heteroatoms. The lowest BCUT2D eigenvalue weighted by Gasteiger charge is -2.27. The van der Waals surface area contributed by atoms with Gasteiger partial charge in [-0.25, -0.2) is 4.79 Å². The number of carbonyl (C=O) groups is 2. The molecule has 0 heterocycles. The summed E-state index contributed by atoms with van der Waals surface area (Å²) in [4.78, 5) is 24.7. The number of hydrogen-bond donors (Lipinski definition) is 2. The Hall–Kier alpha value is -1.36. The molecule has 0 aromatic carbocycles. The fraction of sp³-hybridized carbons (Fsp3) is 0.778. The van der Waals surface area contributed by atoms with E-state index >= 15 is 0 Å². The van der Waals surface area contributed by atoms with Crippen LogP contribution in [0.5, 0.6) is 0 Å². The van der Waals surface area contributed by atoms with Crippen LogP contribution in [0.2, 0.25) is 0 Å². The van der Waals surface area contributed by atoms with E-state index in [1.807, 2.05) is 13.8 Å². The van der Waals surface area contributed by atoms with E-state index < -0.39 is 17.4 Å². The van der Waals surface area contributed by atoms with Gasteiger partial charge in [-0.05, 0) is 43.6 Å². The second-order valence-electron chi connectivity index (χ2n) is 6.93. The largest absolute Gasteiger partial charge is 0.433 e. The number of hydrogen-bond acceptors (Lipinski definition) is 4. The van der Waals surface area contributed by atoms with E-state index in [1.54, 1.807) is 6.08 Å². The van der Waals surface area contributed by atoms with Gasteiger partial charge in [0.15, 0.2) is 5.54 Å². The first kappa shape index (κ1) is 21.6. The Morgan fingerprint density at radius 2 is 1.87 bits per heavy atom. The van der Waals surface area contributed by atoms with Gasteiger partial charge in [-0.2, -0.15) is 0 Å². The average molecular weight is 326 g/mol. The maximum Gasteiger partial charge on any atom is 0.340 e. The van der Waals surface area contributed by atoms with E-state index in [2.05, 4.69) is 26.1 Å². The summed E-state index contributed by atoms with van der Waals surface area (Å²) < 4.78 is 5.10. The summed E-state index contributed by atoms with van der Waals surface area (Å²) >= 11 is 0. The van der Waals surface area contributed by atoms with Gasteiger partial charge < -0.3 is 15.8 Å². The summed E-state index contributed by atoms with van der Waals surface area (Å²) in [6.45, 7) is 10.6. The molecule has 0 aromatic heterocycles. The van der Waals surface area contributed by atoms with Crippen molar-refractivity contribution in [3.8, 4) is 0 Å². The monoisotopic (exact) mass is 326 g/mol. The number of unbranched alkanes of at least 4 members (excludes halogenated alkanes) is 2. The first-order chi connectivity index (χ1) is 10.7. The highest BCUT2D eigenvalue weighted by molar-refractivity contribution is 6.07. The van der Waals surface area contributed by atoms with Gasteiger partial charge in [0, 0.05) is 6.54 Å². The van der Waals surface area contributed by atoms with Crippen LogP contribution in [0.1, 0.15) is 66.7 Å². The quantitative estimate of drug-likeness (QED) is 0.264. The Bertz CT molecular complexity index is 392. The molecule has 0 unspecified atom stereocenters. The highest BCUT2D eigenvalue weighted by Crippen LogP contribution is 2.17. The Labute approximate surface area is 141 Å². The minimum atomic E-state index is -1.64. The van der Waals surface area contributed by atoms with Crippen molar-refractivity contribution in [1.82, 2.24) is 5.32 Å². The van der Waals surface area contributed by atoms with E-state index in [4.69, 9.17) is 10.5 Å². The van der Waals surface area contributed by atoms with Crippen LogP contribution in [0.15, 0.2) is 12.3 Å². The number of esters is 1. The number of rotatable bonds is 11. The minimum absolute atomic E-state index is 0.104. The zero-order valence-electron chi connectivity index (χ0n) is 15.4. The fourth-order valence-electron chi connectivity index (χ4n) is 2.15. The second kappa shape index (κ2) is 11.2. The van der Waals surface area contributed by atoms with Gasteiger partial charge in [-0.1, -0.05) is 41.0 Å². The summed E-state index contributed by atoms with van der Waals surface area (Å²) in [5.41, 5.74) is 4.48. The molecule has 0 aliphatic heterocycles. The van der Waals surface area contributed by atoms with Crippen molar-refractivity contribution in [3.63, 3.8) is 0 Å². The van der Waals surface area contributed by atoms with E-state index in [-0.39, 0.29) is 12.3 Å². The fourth-order valence-corrected chi connectivity index (χ4v) is 2.15. The molecule has 1 atom stereocenters. The first-order valence-electron chi connectivity index (χ1n) is 8.67. The third-order valence-corrected chi connectivity index (χ3v) is 3.50. The van der Waals surface area contributed by atoms with Gasteiger partial charge >= 0.3 is 5.97 Å². The molecule has 134 valence electrons. The highest BCUT2D eigenvalue weighted by Gasteiger charge is 2.43. The maximum absolute atomic E-state index is 12.4. The lowest BCUT2D eigenvalue weighted by Crippen LogP contribution is -2.60. The number of ether oxygens (including phenoxy) is 1. The maximum atomic E-state index is 12.4. The van der Waals surface area contributed by atoms with E-state index in [1.165, 1.54) is 6.26 Å². The van der Waals surface area contributed by atoms with Crippen LogP contribution in [0.3, 0.4) is 0 Å². The van der Waals surface area contributed by atoms with Crippen LogP contribution in [0.25, 0.3) is 0 Å². The smallest absolute Gasteiger partial charge is 0.340 e. The van der Waals surface area contributed by atoms with Crippen molar-refractivity contribution in [1.29, 1.82) is 0 Å². The van der Waals surface area contributed by atoms with Crippen molar-refractivity contribution in [2.24, 2.45) is 17.6 Å². The molecule has 0 rings (SSSR count). The average Bonchev–Trinajstić information content (AvgIpc) is 2.45. The van der Waals surface area contributed by atoms with Gasteiger partial charge in [-0.15, -0.1) is 0 Å². The molecule has 0 aliphatic carbocycles. The lowest BCUT2D eigenvalue weighted by molar-refractivity contribution is -0.150. The summed E-state index contributed by atoms with van der Waals surface area (Å²) in [6, 6.07) is 0. The molecule has 23 heavy (non-hydrogen) atoms. The van der Waals surface area contributed by atoms with Crippen LogP contribution < -0.4 is 11.1 Å². The third-order valence-electron chi connectivity index (χ3n) is 3.50. The summed E-state index contributed by atoms with van der Waals surface area (Å²) in [6.07, 6.45) is 7.17. The number of nitrogens with one attached hydrogen (secondary N) is 1. The normalized spacial score (nSPS) is 14.3. The van der Waals surface area contributed by atoms with Crippen molar-refractivity contribution in [2.45, 2.75) is 72.3 Å². The molecule has 0 bridgehead atoms. The van der Waals surface area contributed by atoms with E-state index in [0.717, 1.165) is 25.7 Å². The Morgan fingerprint density at radius 1 is 1.22 bits per heavy atom. The zero-order valence-corrected chi connectivity index (χ0v) is 15.4. The van der Waals surface area contributed by atoms with Crippen LogP contribution in [-0.2, 0) is 14.3 Å². The summed E-state index contributed by atoms with van der Waals surface area (Å²) in [5, 5.41) is 2.76. The lowest BCUT2D eigenvalue weighted by atomic mass is 9.88. The standard InChI is InChI=1S/C18H34N2O3/c1-6-7-8-9-12-23-17(22)18(19,13-15(4)5)16(21)20-11-10-14(2)3/h9,12,14-15H,6-8,10-11,13,19H2,1-5H3,(H,20,21)/t18-/m0/s1. The highest BCUT2D eigenvalue weighted by atomic mass is 16.5. The van der Waals surface area contributed by atoms with Crippen LogP contribution in [0, 0.1) is 11.8 Å². The van der Waals surface area contributed by atoms with Crippen molar-refractivity contribution < 1.29 is 14.3 Å². The molecule has 0 aliphatic rings. The van der Waals surface area contributed by atoms with Gasteiger partial charge in [-0.3, -0.25) is 4.79 Å². The van der Waals surface area contributed by atoms with Gasteiger partial charge in [0.2, 0.25) is 0 Å². The molecule has 1 amide bonds. The Kier molecular flexibility index (Phi) is 10.6. The zero-order chi connectivity index (χ0) is 17.9. The Morgan fingerprint density at radius 3 is 2.39 bits per heavy atom. The predicted octanol–water partition coefficient (Wildman–Crippen LogP) is 3.14. The molecular weight excluding hydrogens is 292 g/mol. The topological polar surface area (TPSA) is 81.4 Å². The molecule has 0 spiro atoms. The molecule has 0 fully saturated rings.